The second-order valence-electron chi connectivity index (χ2n) is 5.69. The molecule has 3 aromatic rings. The fraction of sp³-hybridized carbons (Fsp3) is 0. The molecule has 0 spiro atoms. The van der Waals surface area contributed by atoms with Crippen LogP contribution in [0.15, 0.2) is 59.7 Å². The molecule has 0 atom stereocenters. The van der Waals surface area contributed by atoms with Gasteiger partial charge in [0.2, 0.25) is 0 Å². The summed E-state index contributed by atoms with van der Waals surface area (Å²) in [4.78, 5) is 12.3. The molecule has 0 saturated carbocycles. The Morgan fingerprint density at radius 3 is 2.54 bits per heavy atom. The van der Waals surface area contributed by atoms with Gasteiger partial charge in [-0.1, -0.05) is 23.7 Å². The van der Waals surface area contributed by atoms with Crippen molar-refractivity contribution in [2.24, 2.45) is 5.10 Å². The lowest BCUT2D eigenvalue weighted by Crippen LogP contribution is -2.18. The molecule has 4 nitrogen and oxygen atoms in total. The quantitative estimate of drug-likeness (QED) is 0.480. The Bertz CT molecular complexity index is 1070. The van der Waals surface area contributed by atoms with Gasteiger partial charge in [-0.3, -0.25) is 4.79 Å². The summed E-state index contributed by atoms with van der Waals surface area (Å²) in [6, 6.07) is 10.9. The van der Waals surface area contributed by atoms with Crippen molar-refractivity contribution in [3.05, 3.63) is 88.2 Å². The smallest absolute Gasteiger partial charge is 0.275 e. The predicted octanol–water partition coefficient (Wildman–Crippen LogP) is 4.89. The second kappa shape index (κ2) is 8.14. The highest BCUT2D eigenvalue weighted by molar-refractivity contribution is 6.33. The molecular weight excluding hydrogens is 393 g/mol. The molecule has 0 heterocycles. The summed E-state index contributed by atoms with van der Waals surface area (Å²) in [5.74, 6) is -3.36. The van der Waals surface area contributed by atoms with Gasteiger partial charge in [-0.05, 0) is 42.0 Å². The number of phenolic OH excluding ortho intramolecular Hbond substituents is 1. The molecule has 0 aliphatic rings. The SMILES string of the molecule is O=C(N/N=C/c1c(F)cccc1Cl)c1cc(-c2ccc(F)cc2F)ccc1O. The summed E-state index contributed by atoms with van der Waals surface area (Å²) in [5.41, 5.74) is 2.23. The molecule has 0 radical (unpaired) electrons. The predicted molar refractivity (Wildman–Crippen MR) is 99.9 cm³/mol. The minimum absolute atomic E-state index is 0.0178. The lowest BCUT2D eigenvalue weighted by molar-refractivity contribution is 0.0952. The number of nitrogens with zero attached hydrogens (tertiary/aromatic N) is 1. The first-order chi connectivity index (χ1) is 13.4. The highest BCUT2D eigenvalue weighted by Crippen LogP contribution is 2.28. The van der Waals surface area contributed by atoms with Crippen molar-refractivity contribution < 1.29 is 23.1 Å². The first-order valence-electron chi connectivity index (χ1n) is 7.92. The standard InChI is InChI=1S/C20H12ClF3N2O2/c21-16-2-1-3-17(23)15(16)10-25-26-20(28)14-8-11(4-7-19(14)27)13-6-5-12(22)9-18(13)24/h1-10,27H,(H,26,28)/b25-10+. The highest BCUT2D eigenvalue weighted by Gasteiger charge is 2.14. The summed E-state index contributed by atoms with van der Waals surface area (Å²) in [5, 5.41) is 13.7. The van der Waals surface area contributed by atoms with Gasteiger partial charge < -0.3 is 5.11 Å². The Morgan fingerprint density at radius 1 is 1.04 bits per heavy atom. The zero-order chi connectivity index (χ0) is 20.3. The lowest BCUT2D eigenvalue weighted by Gasteiger charge is -2.08. The van der Waals surface area contributed by atoms with Crippen LogP contribution in [0, 0.1) is 17.5 Å². The second-order valence-corrected chi connectivity index (χ2v) is 6.10. The minimum atomic E-state index is -0.815. The summed E-state index contributed by atoms with van der Waals surface area (Å²) in [7, 11) is 0. The maximum absolute atomic E-state index is 14.0. The summed E-state index contributed by atoms with van der Waals surface area (Å²) in [6.45, 7) is 0. The van der Waals surface area contributed by atoms with Gasteiger partial charge in [0.1, 0.15) is 23.2 Å². The Morgan fingerprint density at radius 2 is 1.82 bits per heavy atom. The minimum Gasteiger partial charge on any atom is -0.507 e. The van der Waals surface area contributed by atoms with E-state index >= 15 is 0 Å². The van der Waals surface area contributed by atoms with Crippen LogP contribution in [0.4, 0.5) is 13.2 Å². The zero-order valence-corrected chi connectivity index (χ0v) is 14.8. The number of carbonyl (C=O) groups is 1. The molecule has 0 unspecified atom stereocenters. The topological polar surface area (TPSA) is 61.7 Å². The summed E-state index contributed by atoms with van der Waals surface area (Å²) >= 11 is 5.86. The number of aromatic hydroxyl groups is 1. The van der Waals surface area contributed by atoms with Crippen LogP contribution in [-0.4, -0.2) is 17.2 Å². The Kier molecular flexibility index (Phi) is 5.65. The van der Waals surface area contributed by atoms with E-state index in [9.17, 15) is 23.1 Å². The van der Waals surface area contributed by atoms with E-state index < -0.39 is 23.4 Å². The number of phenols is 1. The molecular formula is C20H12ClF3N2O2. The number of rotatable bonds is 4. The van der Waals surface area contributed by atoms with Crippen LogP contribution < -0.4 is 5.43 Å². The maximum atomic E-state index is 14.0. The first-order valence-corrected chi connectivity index (χ1v) is 8.30. The lowest BCUT2D eigenvalue weighted by atomic mass is 10.0. The number of halogens is 4. The van der Waals surface area contributed by atoms with E-state index in [4.69, 9.17) is 11.6 Å². The van der Waals surface area contributed by atoms with Crippen LogP contribution in [0.3, 0.4) is 0 Å². The number of hydrogen-bond acceptors (Lipinski definition) is 3. The van der Waals surface area contributed by atoms with Crippen molar-refractivity contribution in [3.63, 3.8) is 0 Å². The number of carbonyl (C=O) groups excluding carboxylic acids is 1. The van der Waals surface area contributed by atoms with Gasteiger partial charge in [-0.25, -0.2) is 18.6 Å². The van der Waals surface area contributed by atoms with Crippen molar-refractivity contribution >= 4 is 23.7 Å². The summed E-state index contributed by atoms with van der Waals surface area (Å²) in [6.07, 6.45) is 1.02. The molecule has 28 heavy (non-hydrogen) atoms. The highest BCUT2D eigenvalue weighted by atomic mass is 35.5. The van der Waals surface area contributed by atoms with Crippen LogP contribution in [0.25, 0.3) is 11.1 Å². The van der Waals surface area contributed by atoms with E-state index in [1.807, 2.05) is 0 Å². The van der Waals surface area contributed by atoms with Gasteiger partial charge in [0, 0.05) is 17.2 Å². The van der Waals surface area contributed by atoms with Crippen molar-refractivity contribution in [1.82, 2.24) is 5.43 Å². The molecule has 0 aliphatic heterocycles. The van der Waals surface area contributed by atoms with E-state index in [1.54, 1.807) is 0 Å². The third-order valence-corrected chi connectivity index (χ3v) is 4.17. The number of nitrogens with one attached hydrogen (secondary N) is 1. The normalized spacial score (nSPS) is 11.0. The summed E-state index contributed by atoms with van der Waals surface area (Å²) < 4.78 is 40.7. The largest absolute Gasteiger partial charge is 0.507 e. The maximum Gasteiger partial charge on any atom is 0.275 e. The van der Waals surface area contributed by atoms with Crippen LogP contribution in [0.1, 0.15) is 15.9 Å². The van der Waals surface area contributed by atoms with Crippen molar-refractivity contribution in [2.75, 3.05) is 0 Å². The van der Waals surface area contributed by atoms with E-state index in [2.05, 4.69) is 10.5 Å². The van der Waals surface area contributed by atoms with Gasteiger partial charge in [-0.15, -0.1) is 0 Å². The molecule has 2 N–H and O–H groups in total. The van der Waals surface area contributed by atoms with Gasteiger partial charge in [0.25, 0.3) is 5.91 Å². The molecule has 3 aromatic carbocycles. The van der Waals surface area contributed by atoms with Gasteiger partial charge in [0.15, 0.2) is 0 Å². The molecule has 0 bridgehead atoms. The van der Waals surface area contributed by atoms with E-state index in [1.165, 1.54) is 42.5 Å². The molecule has 0 aliphatic carbocycles. The Labute approximate surface area is 162 Å². The van der Waals surface area contributed by atoms with Crippen LogP contribution >= 0.6 is 11.6 Å². The molecule has 8 heteroatoms. The van der Waals surface area contributed by atoms with E-state index in [0.29, 0.717) is 6.07 Å². The number of benzene rings is 3. The number of amides is 1. The Balaban J connectivity index is 1.85. The van der Waals surface area contributed by atoms with Crippen LogP contribution in [0.5, 0.6) is 5.75 Å². The monoisotopic (exact) mass is 404 g/mol. The number of hydrogen-bond donors (Lipinski definition) is 2. The van der Waals surface area contributed by atoms with Gasteiger partial charge >= 0.3 is 0 Å². The molecule has 0 saturated heterocycles. The fourth-order valence-electron chi connectivity index (χ4n) is 2.46. The van der Waals surface area contributed by atoms with Crippen molar-refractivity contribution in [2.45, 2.75) is 0 Å². The average Bonchev–Trinajstić information content (AvgIpc) is 2.65. The number of hydrazone groups is 1. The molecule has 142 valence electrons. The van der Waals surface area contributed by atoms with Crippen LogP contribution in [0.2, 0.25) is 5.02 Å². The third-order valence-electron chi connectivity index (χ3n) is 3.84. The molecule has 0 fully saturated rings. The van der Waals surface area contributed by atoms with Crippen molar-refractivity contribution in [1.29, 1.82) is 0 Å². The van der Waals surface area contributed by atoms with Crippen molar-refractivity contribution in [3.8, 4) is 16.9 Å². The average molecular weight is 405 g/mol. The molecule has 1 amide bonds. The third kappa shape index (κ3) is 4.15. The fourth-order valence-corrected chi connectivity index (χ4v) is 2.67. The zero-order valence-electron chi connectivity index (χ0n) is 14.1. The van der Waals surface area contributed by atoms with Gasteiger partial charge in [0.05, 0.1) is 16.8 Å². The Hall–Kier alpha value is -3.32. The molecule has 3 rings (SSSR count). The van der Waals surface area contributed by atoms with E-state index in [0.717, 1.165) is 12.3 Å². The first kappa shape index (κ1) is 19.4. The van der Waals surface area contributed by atoms with E-state index in [-0.39, 0.29) is 33.0 Å². The molecule has 0 aromatic heterocycles. The van der Waals surface area contributed by atoms with Gasteiger partial charge in [-0.2, -0.15) is 5.10 Å². The van der Waals surface area contributed by atoms with Crippen LogP contribution in [-0.2, 0) is 0 Å².